The van der Waals surface area contributed by atoms with Crippen molar-refractivity contribution < 1.29 is 19.4 Å². The van der Waals surface area contributed by atoms with E-state index in [-0.39, 0.29) is 18.3 Å². The molecule has 0 radical (unpaired) electrons. The summed E-state index contributed by atoms with van der Waals surface area (Å²) < 4.78 is 5.04. The quantitative estimate of drug-likeness (QED) is 0.220. The number of unbranched alkanes of at least 4 members (excludes halogenated alkanes) is 6. The van der Waals surface area contributed by atoms with Gasteiger partial charge in [-0.05, 0) is 36.8 Å². The first kappa shape index (κ1) is 26.5. The highest BCUT2D eigenvalue weighted by Gasteiger charge is 2.22. The van der Waals surface area contributed by atoms with Gasteiger partial charge in [0.2, 0.25) is 0 Å². The Labute approximate surface area is 187 Å². The number of benzene rings is 1. The molecule has 2 atom stereocenters. The number of carboxylic acid groups (broad SMARTS) is 1. The maximum Gasteiger partial charge on any atom is 0.313 e. The number of esters is 1. The number of carbonyl (C=O) groups is 2. The fraction of sp³-hybridized carbons (Fsp3) is 0.680. The van der Waals surface area contributed by atoms with Gasteiger partial charge in [0.25, 0.3) is 0 Å². The van der Waals surface area contributed by atoms with E-state index in [1.165, 1.54) is 57.6 Å². The van der Waals surface area contributed by atoms with Gasteiger partial charge < -0.3 is 9.84 Å². The number of carbonyl (C=O) groups excluding carboxylic acids is 1. The van der Waals surface area contributed by atoms with Crippen molar-refractivity contribution in [3.05, 3.63) is 35.4 Å². The lowest BCUT2D eigenvalue weighted by Crippen LogP contribution is -2.16. The Morgan fingerprint density at radius 3 is 2.23 bits per heavy atom. The SMILES string of the molecule is CCCCCCCCCc1ccc(C(CCC(C)SCCC(=O)O)C(=O)OC)cc1. The molecule has 0 amide bonds. The monoisotopic (exact) mass is 436 g/mol. The number of aryl methyl sites for hydroxylation is 1. The van der Waals surface area contributed by atoms with E-state index in [2.05, 4.69) is 38.1 Å². The summed E-state index contributed by atoms with van der Waals surface area (Å²) in [7, 11) is 1.44. The summed E-state index contributed by atoms with van der Waals surface area (Å²) in [4.78, 5) is 23.0. The number of methoxy groups -OCH3 is 1. The first-order valence-corrected chi connectivity index (χ1v) is 12.5. The zero-order valence-corrected chi connectivity index (χ0v) is 19.8. The maximum atomic E-state index is 12.3. The molecule has 5 heteroatoms. The third kappa shape index (κ3) is 11.6. The molecule has 4 nitrogen and oxygen atoms in total. The van der Waals surface area contributed by atoms with E-state index in [9.17, 15) is 9.59 Å². The van der Waals surface area contributed by atoms with E-state index in [0.29, 0.717) is 17.4 Å². The molecule has 0 aliphatic carbocycles. The molecule has 1 aromatic carbocycles. The molecule has 0 bridgehead atoms. The Kier molecular flexibility index (Phi) is 14.4. The van der Waals surface area contributed by atoms with Crippen molar-refractivity contribution in [3.8, 4) is 0 Å². The molecule has 1 N–H and O–H groups in total. The standard InChI is InChI=1S/C25H40O4S/c1-4-5-6-7-8-9-10-11-21-13-15-22(16-14-21)23(25(28)29-3)17-12-20(2)30-19-18-24(26)27/h13-16,20,23H,4-12,17-19H2,1-3H3,(H,26,27). The molecular weight excluding hydrogens is 396 g/mol. The lowest BCUT2D eigenvalue weighted by molar-refractivity contribution is -0.142. The highest BCUT2D eigenvalue weighted by Crippen LogP contribution is 2.27. The fourth-order valence-corrected chi connectivity index (χ4v) is 4.60. The van der Waals surface area contributed by atoms with E-state index >= 15 is 0 Å². The van der Waals surface area contributed by atoms with Crippen LogP contribution in [-0.4, -0.2) is 35.2 Å². The van der Waals surface area contributed by atoms with Crippen LogP contribution in [0.4, 0.5) is 0 Å². The van der Waals surface area contributed by atoms with Gasteiger partial charge in [0.05, 0.1) is 19.4 Å². The van der Waals surface area contributed by atoms with Crippen LogP contribution in [0.1, 0.15) is 95.1 Å². The molecule has 0 aromatic heterocycles. The van der Waals surface area contributed by atoms with Crippen LogP contribution < -0.4 is 0 Å². The van der Waals surface area contributed by atoms with Crippen LogP contribution in [-0.2, 0) is 20.7 Å². The van der Waals surface area contributed by atoms with Crippen LogP contribution in [0.5, 0.6) is 0 Å². The van der Waals surface area contributed by atoms with Crippen LogP contribution in [0.25, 0.3) is 0 Å². The molecular formula is C25H40O4S. The summed E-state index contributed by atoms with van der Waals surface area (Å²) in [5, 5.41) is 9.07. The van der Waals surface area contributed by atoms with E-state index in [0.717, 1.165) is 18.4 Å². The Hall–Kier alpha value is -1.49. The first-order valence-electron chi connectivity index (χ1n) is 11.5. The Bertz CT molecular complexity index is 600. The Balaban J connectivity index is 2.47. The molecule has 0 aliphatic rings. The molecule has 0 fully saturated rings. The summed E-state index contributed by atoms with van der Waals surface area (Å²) >= 11 is 1.65. The smallest absolute Gasteiger partial charge is 0.313 e. The van der Waals surface area contributed by atoms with E-state index in [1.807, 2.05) is 0 Å². The number of hydrogen-bond acceptors (Lipinski definition) is 4. The molecule has 2 unspecified atom stereocenters. The summed E-state index contributed by atoms with van der Waals surface area (Å²) in [5.41, 5.74) is 2.33. The summed E-state index contributed by atoms with van der Waals surface area (Å²) in [5.74, 6) is -0.617. The summed E-state index contributed by atoms with van der Waals surface area (Å²) in [6.07, 6.45) is 12.0. The number of ether oxygens (including phenoxy) is 1. The maximum absolute atomic E-state index is 12.3. The second-order valence-corrected chi connectivity index (χ2v) is 9.64. The van der Waals surface area contributed by atoms with E-state index in [4.69, 9.17) is 9.84 Å². The molecule has 0 saturated heterocycles. The van der Waals surface area contributed by atoms with Crippen LogP contribution in [0.2, 0.25) is 0 Å². The topological polar surface area (TPSA) is 63.6 Å². The third-order valence-corrected chi connectivity index (χ3v) is 6.76. The molecule has 1 rings (SSSR count). The Morgan fingerprint density at radius 2 is 1.63 bits per heavy atom. The van der Waals surface area contributed by atoms with E-state index < -0.39 is 5.97 Å². The fourth-order valence-electron chi connectivity index (χ4n) is 3.60. The van der Waals surface area contributed by atoms with Crippen molar-refractivity contribution in [1.82, 2.24) is 0 Å². The molecule has 0 heterocycles. The third-order valence-electron chi connectivity index (χ3n) is 5.52. The number of rotatable bonds is 17. The average Bonchev–Trinajstić information content (AvgIpc) is 2.73. The molecule has 0 spiro atoms. The lowest BCUT2D eigenvalue weighted by atomic mass is 9.92. The first-order chi connectivity index (χ1) is 14.5. The highest BCUT2D eigenvalue weighted by atomic mass is 32.2. The van der Waals surface area contributed by atoms with Crippen LogP contribution in [0.3, 0.4) is 0 Å². The van der Waals surface area contributed by atoms with Crippen molar-refractivity contribution in [3.63, 3.8) is 0 Å². The van der Waals surface area contributed by atoms with Gasteiger partial charge in [-0.15, -0.1) is 0 Å². The second kappa shape index (κ2) is 16.2. The summed E-state index contributed by atoms with van der Waals surface area (Å²) in [6, 6.07) is 8.43. The summed E-state index contributed by atoms with van der Waals surface area (Å²) in [6.45, 7) is 4.34. The van der Waals surface area contributed by atoms with Crippen molar-refractivity contribution in [2.45, 2.75) is 95.6 Å². The highest BCUT2D eigenvalue weighted by molar-refractivity contribution is 7.99. The number of aliphatic carboxylic acids is 1. The van der Waals surface area contributed by atoms with Crippen molar-refractivity contribution in [2.24, 2.45) is 0 Å². The predicted molar refractivity (Wildman–Crippen MR) is 126 cm³/mol. The minimum atomic E-state index is -0.765. The molecule has 1 aromatic rings. The molecule has 0 saturated carbocycles. The van der Waals surface area contributed by atoms with Crippen LogP contribution in [0.15, 0.2) is 24.3 Å². The van der Waals surface area contributed by atoms with Crippen molar-refractivity contribution >= 4 is 23.7 Å². The van der Waals surface area contributed by atoms with Gasteiger partial charge in [0, 0.05) is 11.0 Å². The van der Waals surface area contributed by atoms with Gasteiger partial charge in [-0.2, -0.15) is 11.8 Å². The average molecular weight is 437 g/mol. The minimum Gasteiger partial charge on any atom is -0.481 e. The molecule has 30 heavy (non-hydrogen) atoms. The van der Waals surface area contributed by atoms with Gasteiger partial charge >= 0.3 is 11.9 Å². The lowest BCUT2D eigenvalue weighted by Gasteiger charge is -2.18. The van der Waals surface area contributed by atoms with Gasteiger partial charge in [-0.1, -0.05) is 76.6 Å². The zero-order valence-electron chi connectivity index (χ0n) is 19.0. The predicted octanol–water partition coefficient (Wildman–Crippen LogP) is 6.61. The zero-order chi connectivity index (χ0) is 22.2. The van der Waals surface area contributed by atoms with Crippen LogP contribution >= 0.6 is 11.8 Å². The van der Waals surface area contributed by atoms with E-state index in [1.54, 1.807) is 11.8 Å². The minimum absolute atomic E-state index is 0.176. The Morgan fingerprint density at radius 1 is 1.00 bits per heavy atom. The molecule has 0 aliphatic heterocycles. The van der Waals surface area contributed by atoms with Crippen LogP contribution in [0, 0.1) is 0 Å². The largest absolute Gasteiger partial charge is 0.481 e. The van der Waals surface area contributed by atoms with Crippen molar-refractivity contribution in [2.75, 3.05) is 12.9 Å². The molecule has 170 valence electrons. The number of hydrogen-bond donors (Lipinski definition) is 1. The normalized spacial score (nSPS) is 13.0. The van der Waals surface area contributed by atoms with Gasteiger partial charge in [0.15, 0.2) is 0 Å². The van der Waals surface area contributed by atoms with Gasteiger partial charge in [-0.3, -0.25) is 9.59 Å². The van der Waals surface area contributed by atoms with Gasteiger partial charge in [0.1, 0.15) is 0 Å². The van der Waals surface area contributed by atoms with Gasteiger partial charge in [-0.25, -0.2) is 0 Å². The number of thioether (sulfide) groups is 1. The second-order valence-electron chi connectivity index (χ2n) is 8.09. The van der Waals surface area contributed by atoms with Crippen molar-refractivity contribution in [1.29, 1.82) is 0 Å². The number of carboxylic acids is 1.